The summed E-state index contributed by atoms with van der Waals surface area (Å²) >= 11 is 0. The first-order valence-electron chi connectivity index (χ1n) is 8.82. The predicted molar refractivity (Wildman–Crippen MR) is 122 cm³/mol. The van der Waals surface area contributed by atoms with Crippen molar-refractivity contribution in [3.05, 3.63) is 53.9 Å². The van der Waals surface area contributed by atoms with Crippen molar-refractivity contribution in [2.24, 2.45) is 4.99 Å². The van der Waals surface area contributed by atoms with E-state index >= 15 is 0 Å². The van der Waals surface area contributed by atoms with E-state index < -0.39 is 0 Å². The zero-order chi connectivity index (χ0) is 18.6. The van der Waals surface area contributed by atoms with E-state index in [1.54, 1.807) is 14.2 Å². The Hall–Kier alpha value is -1.87. The van der Waals surface area contributed by atoms with Crippen molar-refractivity contribution < 1.29 is 9.47 Å². The highest BCUT2D eigenvalue weighted by Gasteiger charge is 2.02. The summed E-state index contributed by atoms with van der Waals surface area (Å²) < 4.78 is 10.8. The number of aryl methyl sites for hydroxylation is 1. The summed E-state index contributed by atoms with van der Waals surface area (Å²) in [5.74, 6) is 1.55. The number of benzene rings is 1. The quantitative estimate of drug-likeness (QED) is 0.246. The van der Waals surface area contributed by atoms with Crippen molar-refractivity contribution in [1.29, 1.82) is 0 Å². The van der Waals surface area contributed by atoms with Crippen LogP contribution in [-0.2, 0) is 11.2 Å². The molecule has 0 radical (unpaired) electrons. The van der Waals surface area contributed by atoms with Gasteiger partial charge in [0, 0.05) is 57.4 Å². The molecule has 7 heteroatoms. The number of aromatic nitrogens is 1. The lowest BCUT2D eigenvalue weighted by Crippen LogP contribution is -2.32. The average molecular weight is 484 g/mol. The number of hydrogen-bond acceptors (Lipinski definition) is 4. The number of nitrogens with zero attached hydrogens (tertiary/aromatic N) is 2. The second-order valence-corrected chi connectivity index (χ2v) is 5.90. The van der Waals surface area contributed by atoms with Crippen LogP contribution in [0.15, 0.2) is 47.6 Å². The number of aliphatic imine (C=N–C) groups is 1. The van der Waals surface area contributed by atoms with Gasteiger partial charge in [-0.1, -0.05) is 12.1 Å². The number of hydrogen-bond donors (Lipinski definition) is 2. The van der Waals surface area contributed by atoms with Gasteiger partial charge in [0.15, 0.2) is 5.96 Å². The van der Waals surface area contributed by atoms with Crippen LogP contribution < -0.4 is 15.4 Å². The van der Waals surface area contributed by atoms with Crippen molar-refractivity contribution in [2.45, 2.75) is 19.8 Å². The maximum absolute atomic E-state index is 5.73. The fourth-order valence-corrected chi connectivity index (χ4v) is 2.34. The highest BCUT2D eigenvalue weighted by atomic mass is 127. The summed E-state index contributed by atoms with van der Waals surface area (Å²) in [4.78, 5) is 8.58. The van der Waals surface area contributed by atoms with E-state index in [4.69, 9.17) is 9.47 Å². The topological polar surface area (TPSA) is 67.8 Å². The molecule has 0 bridgehead atoms. The first kappa shape index (κ1) is 23.2. The molecule has 0 atom stereocenters. The Bertz CT molecular complexity index is 693. The number of guanidine groups is 1. The highest BCUT2D eigenvalue weighted by Crippen LogP contribution is 2.17. The molecule has 0 amide bonds. The van der Waals surface area contributed by atoms with Crippen LogP contribution in [0.25, 0.3) is 0 Å². The fraction of sp³-hybridized carbons (Fsp3) is 0.400. The Kier molecular flexibility index (Phi) is 11.4. The van der Waals surface area contributed by atoms with Crippen molar-refractivity contribution in [2.75, 3.05) is 39.2 Å². The second kappa shape index (κ2) is 13.3. The van der Waals surface area contributed by atoms with Gasteiger partial charge in [-0.3, -0.25) is 9.98 Å². The van der Waals surface area contributed by atoms with E-state index in [1.165, 1.54) is 5.56 Å². The molecule has 1 aromatic heterocycles. The van der Waals surface area contributed by atoms with Crippen molar-refractivity contribution >= 4 is 35.6 Å². The lowest BCUT2D eigenvalue weighted by Gasteiger charge is -2.13. The van der Waals surface area contributed by atoms with E-state index in [9.17, 15) is 0 Å². The summed E-state index contributed by atoms with van der Waals surface area (Å²) in [7, 11) is 3.45. The molecule has 1 heterocycles. The average Bonchev–Trinajstić information content (AvgIpc) is 2.66. The number of rotatable bonds is 9. The third-order valence-corrected chi connectivity index (χ3v) is 3.76. The molecule has 0 fully saturated rings. The summed E-state index contributed by atoms with van der Waals surface area (Å²) in [6, 6.07) is 12.0. The van der Waals surface area contributed by atoms with Crippen LogP contribution in [0, 0.1) is 6.92 Å². The highest BCUT2D eigenvalue weighted by molar-refractivity contribution is 14.0. The van der Waals surface area contributed by atoms with Crippen molar-refractivity contribution in [3.8, 4) is 5.75 Å². The first-order chi connectivity index (χ1) is 12.7. The molecule has 6 nitrogen and oxygen atoms in total. The lowest BCUT2D eigenvalue weighted by atomic mass is 10.2. The Morgan fingerprint density at radius 1 is 1.19 bits per heavy atom. The monoisotopic (exact) mass is 484 g/mol. The Labute approximate surface area is 178 Å². The van der Waals surface area contributed by atoms with Crippen LogP contribution in [0.3, 0.4) is 0 Å². The Morgan fingerprint density at radius 2 is 2.04 bits per heavy atom. The van der Waals surface area contributed by atoms with Gasteiger partial charge < -0.3 is 20.1 Å². The lowest BCUT2D eigenvalue weighted by molar-refractivity contribution is 0.172. The third-order valence-electron chi connectivity index (χ3n) is 3.76. The normalized spacial score (nSPS) is 10.9. The fourth-order valence-electron chi connectivity index (χ4n) is 2.34. The minimum atomic E-state index is 0. The number of methoxy groups -OCH3 is 1. The second-order valence-electron chi connectivity index (χ2n) is 5.90. The number of halogens is 1. The van der Waals surface area contributed by atoms with Gasteiger partial charge in [-0.2, -0.15) is 0 Å². The van der Waals surface area contributed by atoms with Crippen LogP contribution in [0.5, 0.6) is 5.75 Å². The van der Waals surface area contributed by atoms with Gasteiger partial charge in [0.1, 0.15) is 5.75 Å². The smallest absolute Gasteiger partial charge is 0.195 e. The standard InChI is InChI=1S/C20H28N4O2.HI/c1-16-8-9-17(15-23-16)10-11-22-20(21-2)24-18-6-4-7-19(14-18)26-13-5-12-25-3;/h4,6-9,14-15H,5,10-13H2,1-3H3,(H2,21,22,24);1H. The molecule has 0 spiro atoms. The molecule has 0 saturated carbocycles. The van der Waals surface area contributed by atoms with E-state index in [1.807, 2.05) is 43.5 Å². The minimum Gasteiger partial charge on any atom is -0.493 e. The van der Waals surface area contributed by atoms with Crippen LogP contribution in [0.1, 0.15) is 17.7 Å². The molecule has 2 aromatic rings. The Balaban J connectivity index is 0.00000364. The van der Waals surface area contributed by atoms with Crippen molar-refractivity contribution in [1.82, 2.24) is 10.3 Å². The number of nitrogens with one attached hydrogen (secondary N) is 2. The minimum absolute atomic E-state index is 0. The van der Waals surface area contributed by atoms with E-state index in [0.717, 1.165) is 42.5 Å². The largest absolute Gasteiger partial charge is 0.493 e. The molecule has 27 heavy (non-hydrogen) atoms. The molecule has 0 aliphatic rings. The molecule has 2 N–H and O–H groups in total. The molecule has 2 rings (SSSR count). The predicted octanol–water partition coefficient (Wildman–Crippen LogP) is 3.65. The zero-order valence-corrected chi connectivity index (χ0v) is 18.5. The molecule has 0 aliphatic heterocycles. The van der Waals surface area contributed by atoms with E-state index in [-0.39, 0.29) is 24.0 Å². The first-order valence-corrected chi connectivity index (χ1v) is 8.82. The molecule has 1 aromatic carbocycles. The number of pyridine rings is 1. The Morgan fingerprint density at radius 3 is 2.74 bits per heavy atom. The summed E-state index contributed by atoms with van der Waals surface area (Å²) in [6.45, 7) is 4.10. The molecular formula is C20H29IN4O2. The molecule has 0 unspecified atom stereocenters. The van der Waals surface area contributed by atoms with E-state index in [0.29, 0.717) is 13.2 Å². The van der Waals surface area contributed by atoms with Gasteiger partial charge in [0.25, 0.3) is 0 Å². The maximum atomic E-state index is 5.73. The summed E-state index contributed by atoms with van der Waals surface area (Å²) in [6.07, 6.45) is 3.67. The zero-order valence-electron chi connectivity index (χ0n) is 16.2. The van der Waals surface area contributed by atoms with E-state index in [2.05, 4.69) is 26.7 Å². The van der Waals surface area contributed by atoms with Crippen LogP contribution >= 0.6 is 24.0 Å². The van der Waals surface area contributed by atoms with Crippen molar-refractivity contribution in [3.63, 3.8) is 0 Å². The summed E-state index contributed by atoms with van der Waals surface area (Å²) in [5.41, 5.74) is 3.16. The summed E-state index contributed by atoms with van der Waals surface area (Å²) in [5, 5.41) is 6.60. The van der Waals surface area contributed by atoms with Gasteiger partial charge in [-0.15, -0.1) is 24.0 Å². The van der Waals surface area contributed by atoms with Gasteiger partial charge >= 0.3 is 0 Å². The third kappa shape index (κ3) is 9.05. The maximum Gasteiger partial charge on any atom is 0.195 e. The van der Waals surface area contributed by atoms with Crippen LogP contribution in [-0.4, -0.2) is 44.9 Å². The molecule has 148 valence electrons. The SMILES string of the molecule is CN=C(NCCc1ccc(C)nc1)Nc1cccc(OCCCOC)c1.I. The molecule has 0 saturated heterocycles. The van der Waals surface area contributed by atoms with Gasteiger partial charge in [0.2, 0.25) is 0 Å². The molecule has 0 aliphatic carbocycles. The van der Waals surface area contributed by atoms with Gasteiger partial charge in [-0.05, 0) is 37.1 Å². The molecular weight excluding hydrogens is 455 g/mol. The van der Waals surface area contributed by atoms with Crippen LogP contribution in [0.2, 0.25) is 0 Å². The number of anilines is 1. The van der Waals surface area contributed by atoms with Crippen LogP contribution in [0.4, 0.5) is 5.69 Å². The number of ether oxygens (including phenoxy) is 2. The van der Waals surface area contributed by atoms with Gasteiger partial charge in [0.05, 0.1) is 6.61 Å². The van der Waals surface area contributed by atoms with Gasteiger partial charge in [-0.25, -0.2) is 0 Å².